The van der Waals surface area contributed by atoms with E-state index in [1.54, 1.807) is 0 Å². The van der Waals surface area contributed by atoms with Crippen LogP contribution in [0.25, 0.3) is 38.8 Å². The number of fused-ring (bicyclic) bond motifs is 4. The van der Waals surface area contributed by atoms with Crippen LogP contribution in [0, 0.1) is 0 Å². The Morgan fingerprint density at radius 1 is 0.436 bits per heavy atom. The second-order valence-electron chi connectivity index (χ2n) is 25.9. The molecule has 0 radical (unpaired) electrons. The number of hydrogen-bond donors (Lipinski definition) is 1. The highest BCUT2D eigenvalue weighted by molar-refractivity contribution is 6.09. The van der Waals surface area contributed by atoms with Gasteiger partial charge in [0.15, 0.2) is 0 Å². The van der Waals surface area contributed by atoms with Crippen LogP contribution in [0.4, 0.5) is 17.1 Å². The van der Waals surface area contributed by atoms with Gasteiger partial charge in [0.25, 0.3) is 0 Å². The lowest BCUT2D eigenvalue weighted by Crippen LogP contribution is -2.24. The average molecular weight is 1030 g/mol. The van der Waals surface area contributed by atoms with Crippen LogP contribution in [0.3, 0.4) is 0 Å². The molecule has 0 spiro atoms. The topological polar surface area (TPSA) is 42.3 Å². The maximum absolute atomic E-state index is 7.17. The van der Waals surface area contributed by atoms with Gasteiger partial charge in [-0.25, -0.2) is 4.98 Å². The number of aromatic nitrogens is 2. The maximum Gasteiger partial charge on any atom is 0.137 e. The Balaban J connectivity index is 1.04. The number of nitrogens with one attached hydrogen (secondary N) is 1. The molecule has 0 amide bonds. The molecule has 0 fully saturated rings. The van der Waals surface area contributed by atoms with Gasteiger partial charge in [-0.15, -0.1) is 0 Å². The molecule has 11 rings (SSSR count). The van der Waals surface area contributed by atoms with Crippen molar-refractivity contribution in [3.8, 4) is 28.4 Å². The highest BCUT2D eigenvalue weighted by Gasteiger charge is 2.34. The summed E-state index contributed by atoms with van der Waals surface area (Å²) in [6.07, 6.45) is 1.94. The smallest absolute Gasteiger partial charge is 0.137 e. The van der Waals surface area contributed by atoms with Crippen molar-refractivity contribution in [1.29, 1.82) is 0 Å². The van der Waals surface area contributed by atoms with E-state index >= 15 is 0 Å². The predicted octanol–water partition coefficient (Wildman–Crippen LogP) is 19.5. The lowest BCUT2D eigenvalue weighted by molar-refractivity contribution is 0.483. The third-order valence-corrected chi connectivity index (χ3v) is 16.6. The van der Waals surface area contributed by atoms with E-state index in [9.17, 15) is 0 Å². The van der Waals surface area contributed by atoms with Gasteiger partial charge in [0.2, 0.25) is 0 Å². The number of rotatable bonds is 11. The summed E-state index contributed by atoms with van der Waals surface area (Å²) in [6.45, 7) is 30.6. The number of ether oxygens (including phenoxy) is 1. The van der Waals surface area contributed by atoms with Crippen molar-refractivity contribution in [1.82, 2.24) is 9.55 Å². The summed E-state index contributed by atoms with van der Waals surface area (Å²) in [5.74, 6) is 2.42. The third-order valence-electron chi connectivity index (χ3n) is 16.6. The number of pyridine rings is 1. The minimum atomic E-state index is -0.251. The fraction of sp³-hybridized carbons (Fsp3) is 0.274. The number of hydrogen-bond acceptors (Lipinski definition) is 4. The Hall–Kier alpha value is -7.89. The molecule has 5 heteroatoms. The Labute approximate surface area is 464 Å². The molecule has 0 bridgehead atoms. The molecule has 1 unspecified atom stereocenters. The van der Waals surface area contributed by atoms with Crippen LogP contribution in [0.15, 0.2) is 200 Å². The van der Waals surface area contributed by atoms with Gasteiger partial charge in [-0.2, -0.15) is 0 Å². The number of anilines is 3. The second-order valence-corrected chi connectivity index (χ2v) is 25.9. The zero-order chi connectivity index (χ0) is 54.9. The zero-order valence-corrected chi connectivity index (χ0v) is 48.1. The molecule has 3 heterocycles. The lowest BCUT2D eigenvalue weighted by Gasteiger charge is -2.32. The van der Waals surface area contributed by atoms with Gasteiger partial charge in [-0.3, -0.25) is 4.57 Å². The van der Waals surface area contributed by atoms with Crippen molar-refractivity contribution in [2.24, 2.45) is 0 Å². The van der Waals surface area contributed by atoms with E-state index in [1.807, 2.05) is 6.20 Å². The van der Waals surface area contributed by atoms with E-state index in [2.05, 4.69) is 299 Å². The third kappa shape index (κ3) is 10.0. The van der Waals surface area contributed by atoms with Gasteiger partial charge < -0.3 is 15.0 Å². The molecule has 10 aromatic rings. The van der Waals surface area contributed by atoms with Gasteiger partial charge in [0, 0.05) is 63.5 Å². The molecular weight excluding hydrogens is 949 g/mol. The van der Waals surface area contributed by atoms with Crippen molar-refractivity contribution in [2.75, 3.05) is 16.8 Å². The second kappa shape index (κ2) is 19.5. The Morgan fingerprint density at radius 2 is 1.01 bits per heavy atom. The first kappa shape index (κ1) is 52.2. The monoisotopic (exact) mass is 1020 g/mol. The minimum Gasteiger partial charge on any atom is -0.457 e. The first-order chi connectivity index (χ1) is 37.0. The van der Waals surface area contributed by atoms with Crippen LogP contribution >= 0.6 is 0 Å². The van der Waals surface area contributed by atoms with Crippen LogP contribution in [-0.2, 0) is 27.1 Å². The highest BCUT2D eigenvalue weighted by Crippen LogP contribution is 2.48. The Kier molecular flexibility index (Phi) is 13.1. The van der Waals surface area contributed by atoms with E-state index < -0.39 is 0 Å². The number of nitrogens with zero attached hydrogens (tertiary/aromatic N) is 3. The SMILES string of the molecule is CC(C)(C)c1ccc(-c2cc(Oc3ccc4c5ccccc5n(-c5cc(C(C)(C)C)ccn5)c4c3)cc(N3CC(Nc4cc(C(C)(C)c5ccccc5)cc(C(C)(C)c5ccccc5)c4)c4ccc(C(C)(C)C)cc43)c2)cc1. The van der Waals surface area contributed by atoms with Crippen molar-refractivity contribution >= 4 is 38.9 Å². The Bertz CT molecular complexity index is 3750. The highest BCUT2D eigenvalue weighted by atomic mass is 16.5. The van der Waals surface area contributed by atoms with Crippen LogP contribution in [0.1, 0.15) is 141 Å². The van der Waals surface area contributed by atoms with Crippen LogP contribution < -0.4 is 15.0 Å². The van der Waals surface area contributed by atoms with Gasteiger partial charge in [-0.1, -0.05) is 211 Å². The lowest BCUT2D eigenvalue weighted by atomic mass is 9.73. The summed E-state index contributed by atoms with van der Waals surface area (Å²) in [6, 6.07) is 71.6. The first-order valence-electron chi connectivity index (χ1n) is 27.9. The number of para-hydroxylation sites is 1. The largest absolute Gasteiger partial charge is 0.457 e. The minimum absolute atomic E-state index is 0.0226. The van der Waals surface area contributed by atoms with Gasteiger partial charge in [0.1, 0.15) is 17.3 Å². The summed E-state index contributed by atoms with van der Waals surface area (Å²) < 4.78 is 9.46. The fourth-order valence-corrected chi connectivity index (χ4v) is 11.5. The Morgan fingerprint density at radius 3 is 1.64 bits per heavy atom. The molecule has 1 atom stereocenters. The van der Waals surface area contributed by atoms with E-state index in [-0.39, 0.29) is 33.1 Å². The molecule has 1 N–H and O–H groups in total. The standard InChI is InChI=1S/C73H76N4O/c1-69(2,3)50-30-28-48(29-31-50)49-38-58(45-60(39-49)78-59-33-35-62-61-26-20-21-27-65(61)77(67(62)46-59)68-44-54(36-37-74-68)71(7,8)9)76-47-64(63-34-32-53(43-66(63)76)70(4,5)6)75-57-41-55(72(10,11)51-22-16-14-17-23-51)40-56(42-57)73(12,13)52-24-18-15-19-25-52/h14-46,64,75H,47H2,1-13H3. The molecule has 78 heavy (non-hydrogen) atoms. The molecule has 1 aliphatic heterocycles. The summed E-state index contributed by atoms with van der Waals surface area (Å²) in [5, 5.41) is 6.51. The molecule has 8 aromatic carbocycles. The molecule has 2 aromatic heterocycles. The van der Waals surface area contributed by atoms with E-state index in [0.717, 1.165) is 56.2 Å². The van der Waals surface area contributed by atoms with Crippen molar-refractivity contribution in [3.05, 3.63) is 245 Å². The molecule has 394 valence electrons. The fourth-order valence-electron chi connectivity index (χ4n) is 11.5. The van der Waals surface area contributed by atoms with Crippen LogP contribution in [0.5, 0.6) is 11.5 Å². The molecule has 0 saturated carbocycles. The van der Waals surface area contributed by atoms with E-state index in [0.29, 0.717) is 6.54 Å². The number of benzene rings is 8. The average Bonchev–Trinajstić information content (AvgIpc) is 4.19. The summed E-state index contributed by atoms with van der Waals surface area (Å²) in [7, 11) is 0. The van der Waals surface area contributed by atoms with Gasteiger partial charge in [-0.05, 0) is 133 Å². The van der Waals surface area contributed by atoms with Crippen molar-refractivity contribution < 1.29 is 4.74 Å². The van der Waals surface area contributed by atoms with Gasteiger partial charge in [0.05, 0.1) is 17.1 Å². The first-order valence-corrected chi connectivity index (χ1v) is 27.9. The van der Waals surface area contributed by atoms with Crippen LogP contribution in [0.2, 0.25) is 0 Å². The van der Waals surface area contributed by atoms with E-state index in [4.69, 9.17) is 9.72 Å². The molecule has 5 nitrogen and oxygen atoms in total. The predicted molar refractivity (Wildman–Crippen MR) is 330 cm³/mol. The molecular formula is C73H76N4O. The quantitative estimate of drug-likeness (QED) is 0.140. The molecule has 0 aliphatic carbocycles. The molecule has 0 saturated heterocycles. The summed E-state index contributed by atoms with van der Waals surface area (Å²) in [5.41, 5.74) is 17.4. The van der Waals surface area contributed by atoms with Crippen LogP contribution in [-0.4, -0.2) is 16.1 Å². The summed E-state index contributed by atoms with van der Waals surface area (Å²) >= 11 is 0. The van der Waals surface area contributed by atoms with Gasteiger partial charge >= 0.3 is 0 Å². The van der Waals surface area contributed by atoms with Crippen molar-refractivity contribution in [3.63, 3.8) is 0 Å². The normalized spacial score (nSPS) is 14.3. The van der Waals surface area contributed by atoms with Crippen molar-refractivity contribution in [2.45, 2.75) is 123 Å². The zero-order valence-electron chi connectivity index (χ0n) is 48.1. The summed E-state index contributed by atoms with van der Waals surface area (Å²) in [4.78, 5) is 7.49. The molecule has 1 aliphatic rings. The maximum atomic E-state index is 7.17. The van der Waals surface area contributed by atoms with E-state index in [1.165, 1.54) is 55.6 Å².